The molecule has 0 atom stereocenters. The second-order valence-corrected chi connectivity index (χ2v) is 7.68. The number of benzene rings is 3. The van der Waals surface area contributed by atoms with Crippen LogP contribution in [0.1, 0.15) is 27.3 Å². The van der Waals surface area contributed by atoms with Crippen LogP contribution < -0.4 is 19.7 Å². The summed E-state index contributed by atoms with van der Waals surface area (Å²) < 4.78 is 16.3. The van der Waals surface area contributed by atoms with Gasteiger partial charge in [0.05, 0.1) is 13.4 Å². The van der Waals surface area contributed by atoms with E-state index in [2.05, 4.69) is 5.32 Å². The number of amides is 2. The van der Waals surface area contributed by atoms with Gasteiger partial charge in [-0.3, -0.25) is 9.59 Å². The Hall–Kier alpha value is -4.52. The molecular weight excluding hydrogens is 444 g/mol. The number of nitrogens with zero attached hydrogens (tertiary/aromatic N) is 1. The van der Waals surface area contributed by atoms with Gasteiger partial charge < -0.3 is 24.1 Å². The molecule has 0 saturated heterocycles. The summed E-state index contributed by atoms with van der Waals surface area (Å²) in [5.41, 5.74) is 1.25. The van der Waals surface area contributed by atoms with E-state index in [-0.39, 0.29) is 17.6 Å². The van der Waals surface area contributed by atoms with Crippen LogP contribution in [0.25, 0.3) is 0 Å². The smallest absolute Gasteiger partial charge is 0.293 e. The zero-order valence-corrected chi connectivity index (χ0v) is 19.3. The Kier molecular flexibility index (Phi) is 7.81. The van der Waals surface area contributed by atoms with Crippen molar-refractivity contribution in [3.63, 3.8) is 0 Å². The highest BCUT2D eigenvalue weighted by molar-refractivity contribution is 6.04. The average Bonchev–Trinajstić information content (AvgIpc) is 3.45. The molecule has 0 aliphatic rings. The molecule has 0 aliphatic heterocycles. The first-order chi connectivity index (χ1) is 17.1. The highest BCUT2D eigenvalue weighted by atomic mass is 16.5. The van der Waals surface area contributed by atoms with Crippen LogP contribution in [0.15, 0.2) is 102 Å². The summed E-state index contributed by atoms with van der Waals surface area (Å²) in [5, 5.41) is 2.89. The van der Waals surface area contributed by atoms with Crippen LogP contribution in [0.3, 0.4) is 0 Å². The number of rotatable bonds is 10. The maximum Gasteiger partial charge on any atom is 0.293 e. The lowest BCUT2D eigenvalue weighted by Gasteiger charge is -2.22. The number of anilines is 1. The van der Waals surface area contributed by atoms with Gasteiger partial charge in [0, 0.05) is 24.3 Å². The molecule has 4 aromatic rings. The largest absolute Gasteiger partial charge is 0.497 e. The van der Waals surface area contributed by atoms with E-state index in [0.717, 1.165) is 5.75 Å². The van der Waals surface area contributed by atoms with Gasteiger partial charge in [-0.2, -0.15) is 0 Å². The predicted octanol–water partition coefficient (Wildman–Crippen LogP) is 5.55. The summed E-state index contributed by atoms with van der Waals surface area (Å²) >= 11 is 0. The van der Waals surface area contributed by atoms with Gasteiger partial charge in [0.15, 0.2) is 5.76 Å². The highest BCUT2D eigenvalue weighted by Gasteiger charge is 2.20. The van der Waals surface area contributed by atoms with Crippen LogP contribution in [0.4, 0.5) is 5.69 Å². The quantitative estimate of drug-likeness (QED) is 0.308. The van der Waals surface area contributed by atoms with Crippen LogP contribution in [0.5, 0.6) is 17.2 Å². The normalized spacial score (nSPS) is 10.4. The van der Waals surface area contributed by atoms with Gasteiger partial charge in [0.2, 0.25) is 0 Å². The number of hydrogen-bond acceptors (Lipinski definition) is 5. The molecule has 1 N–H and O–H groups in total. The maximum absolute atomic E-state index is 13.1. The van der Waals surface area contributed by atoms with E-state index >= 15 is 0 Å². The van der Waals surface area contributed by atoms with Crippen molar-refractivity contribution in [3.8, 4) is 17.2 Å². The minimum absolute atomic E-state index is 0.182. The number of furan rings is 1. The third-order valence-corrected chi connectivity index (χ3v) is 5.30. The molecule has 7 nitrogen and oxygen atoms in total. The van der Waals surface area contributed by atoms with Crippen LogP contribution in [0.2, 0.25) is 0 Å². The van der Waals surface area contributed by atoms with Crippen molar-refractivity contribution in [1.82, 2.24) is 5.32 Å². The molecule has 0 aliphatic carbocycles. The van der Waals surface area contributed by atoms with Crippen molar-refractivity contribution >= 4 is 17.5 Å². The minimum Gasteiger partial charge on any atom is -0.497 e. The average molecular weight is 471 g/mol. The molecule has 0 fully saturated rings. The van der Waals surface area contributed by atoms with Crippen molar-refractivity contribution in [3.05, 3.63) is 109 Å². The van der Waals surface area contributed by atoms with E-state index in [1.54, 1.807) is 48.4 Å². The second kappa shape index (κ2) is 11.6. The molecule has 178 valence electrons. The van der Waals surface area contributed by atoms with E-state index < -0.39 is 0 Å². The molecule has 2 amide bonds. The van der Waals surface area contributed by atoms with Gasteiger partial charge >= 0.3 is 0 Å². The third kappa shape index (κ3) is 6.29. The summed E-state index contributed by atoms with van der Waals surface area (Å²) in [5.74, 6) is 1.89. The monoisotopic (exact) mass is 470 g/mol. The fourth-order valence-corrected chi connectivity index (χ4v) is 3.48. The molecule has 7 heteroatoms. The first-order valence-electron chi connectivity index (χ1n) is 11.2. The number of methoxy groups -OCH3 is 1. The highest BCUT2D eigenvalue weighted by Crippen LogP contribution is 2.25. The Morgan fingerprint density at radius 1 is 0.829 bits per heavy atom. The van der Waals surface area contributed by atoms with Crippen molar-refractivity contribution < 1.29 is 23.5 Å². The molecule has 3 aromatic carbocycles. The van der Waals surface area contributed by atoms with Crippen LogP contribution >= 0.6 is 0 Å². The molecule has 0 spiro atoms. The summed E-state index contributed by atoms with van der Waals surface area (Å²) in [4.78, 5) is 27.1. The molecule has 1 heterocycles. The van der Waals surface area contributed by atoms with Crippen molar-refractivity contribution in [1.29, 1.82) is 0 Å². The van der Waals surface area contributed by atoms with E-state index in [1.807, 2.05) is 54.6 Å². The fourth-order valence-electron chi connectivity index (χ4n) is 3.48. The number of para-hydroxylation sites is 1. The fraction of sp³-hybridized carbons (Fsp3) is 0.143. The number of nitrogens with one attached hydrogen (secondary N) is 1. The number of carbonyl (C=O) groups excluding carboxylic acids is 2. The molecule has 1 aromatic heterocycles. The summed E-state index contributed by atoms with van der Waals surface area (Å²) in [6, 6.07) is 27.0. The van der Waals surface area contributed by atoms with Gasteiger partial charge in [-0.25, -0.2) is 0 Å². The molecule has 0 radical (unpaired) electrons. The Labute approximate surface area is 203 Å². The van der Waals surface area contributed by atoms with Gasteiger partial charge in [0.1, 0.15) is 17.2 Å². The SMILES string of the molecule is COc1ccc(C(=O)NCCCN(C(=O)c2ccco2)c2ccc(Oc3ccccc3)cc2)cc1. The topological polar surface area (TPSA) is 81.0 Å². The minimum atomic E-state index is -0.256. The van der Waals surface area contributed by atoms with Crippen molar-refractivity contribution in [2.75, 3.05) is 25.1 Å². The summed E-state index contributed by atoms with van der Waals surface area (Å²) in [6.07, 6.45) is 2.02. The second-order valence-electron chi connectivity index (χ2n) is 7.68. The molecule has 0 bridgehead atoms. The maximum atomic E-state index is 13.1. The van der Waals surface area contributed by atoms with E-state index in [0.29, 0.717) is 42.3 Å². The molecule has 35 heavy (non-hydrogen) atoms. The lowest BCUT2D eigenvalue weighted by atomic mass is 10.2. The number of carbonyl (C=O) groups is 2. The van der Waals surface area contributed by atoms with Crippen molar-refractivity contribution in [2.45, 2.75) is 6.42 Å². The summed E-state index contributed by atoms with van der Waals surface area (Å²) in [6.45, 7) is 0.795. The predicted molar refractivity (Wildman–Crippen MR) is 133 cm³/mol. The zero-order chi connectivity index (χ0) is 24.5. The van der Waals surface area contributed by atoms with Gasteiger partial charge in [-0.15, -0.1) is 0 Å². The van der Waals surface area contributed by atoms with Gasteiger partial charge in [0.25, 0.3) is 11.8 Å². The third-order valence-electron chi connectivity index (χ3n) is 5.30. The van der Waals surface area contributed by atoms with Gasteiger partial charge in [-0.1, -0.05) is 18.2 Å². The Bertz CT molecular complexity index is 1220. The van der Waals surface area contributed by atoms with E-state index in [4.69, 9.17) is 13.9 Å². The Morgan fingerprint density at radius 3 is 2.17 bits per heavy atom. The van der Waals surface area contributed by atoms with E-state index in [9.17, 15) is 9.59 Å². The first kappa shape index (κ1) is 23.6. The molecule has 0 unspecified atom stereocenters. The van der Waals surface area contributed by atoms with Crippen LogP contribution in [0, 0.1) is 0 Å². The first-order valence-corrected chi connectivity index (χ1v) is 11.2. The molecular formula is C28H26N2O5. The number of hydrogen-bond donors (Lipinski definition) is 1. The molecule has 4 rings (SSSR count). The van der Waals surface area contributed by atoms with E-state index in [1.165, 1.54) is 6.26 Å². The Morgan fingerprint density at radius 2 is 1.51 bits per heavy atom. The zero-order valence-electron chi connectivity index (χ0n) is 19.3. The molecule has 0 saturated carbocycles. The number of ether oxygens (including phenoxy) is 2. The lowest BCUT2D eigenvalue weighted by molar-refractivity contribution is 0.0953. The van der Waals surface area contributed by atoms with Crippen molar-refractivity contribution in [2.24, 2.45) is 0 Å². The lowest BCUT2D eigenvalue weighted by Crippen LogP contribution is -2.34. The standard InChI is InChI=1S/C28H26N2O5/c1-33-23-14-10-21(11-15-23)27(31)29-18-6-19-30(28(32)26-9-5-20-34-26)22-12-16-25(17-13-22)35-24-7-3-2-4-8-24/h2-5,7-17,20H,6,18-19H2,1H3,(H,29,31). The van der Waals surface area contributed by atoms with Crippen LogP contribution in [-0.4, -0.2) is 32.0 Å². The van der Waals surface area contributed by atoms with Gasteiger partial charge in [-0.05, 0) is 79.2 Å². The summed E-state index contributed by atoms with van der Waals surface area (Å²) in [7, 11) is 1.58. The van der Waals surface area contributed by atoms with Crippen LogP contribution in [-0.2, 0) is 0 Å². The Balaban J connectivity index is 1.39.